The fourth-order valence-corrected chi connectivity index (χ4v) is 2.17. The molecule has 0 spiro atoms. The first-order chi connectivity index (χ1) is 9.38. The van der Waals surface area contributed by atoms with Crippen molar-refractivity contribution in [3.63, 3.8) is 0 Å². The summed E-state index contributed by atoms with van der Waals surface area (Å²) in [6.45, 7) is -0.288. The van der Waals surface area contributed by atoms with Gasteiger partial charge in [-0.05, 0) is 34.8 Å². The third-order valence-corrected chi connectivity index (χ3v) is 3.59. The van der Waals surface area contributed by atoms with Gasteiger partial charge in [-0.25, -0.2) is 0 Å². The zero-order valence-corrected chi connectivity index (χ0v) is 12.2. The topological polar surface area (TPSA) is 41.5 Å². The highest BCUT2D eigenvalue weighted by atomic mass is 79.9. The molecule has 0 radical (unpaired) electrons. The van der Waals surface area contributed by atoms with Crippen LogP contribution in [0, 0.1) is 0 Å². The number of aliphatic hydroxyl groups excluding tert-OH is 1. The summed E-state index contributed by atoms with van der Waals surface area (Å²) in [5.41, 5.74) is 0.764. The number of hydrogen-bond donors (Lipinski definition) is 2. The summed E-state index contributed by atoms with van der Waals surface area (Å²) in [5.74, 6) is 0.337. The smallest absolute Gasteiger partial charge is 0.417 e. The molecule has 1 aliphatic carbocycles. The van der Waals surface area contributed by atoms with E-state index in [0.29, 0.717) is 22.8 Å². The van der Waals surface area contributed by atoms with Crippen LogP contribution in [0.3, 0.4) is 0 Å². The lowest BCUT2D eigenvalue weighted by molar-refractivity contribution is -0.210. The zero-order chi connectivity index (χ0) is 14.8. The van der Waals surface area contributed by atoms with E-state index in [4.69, 9.17) is 9.84 Å². The number of rotatable bonds is 6. The Bertz CT molecular complexity index is 463. The molecule has 1 fully saturated rings. The summed E-state index contributed by atoms with van der Waals surface area (Å²) in [4.78, 5) is 0. The van der Waals surface area contributed by atoms with Gasteiger partial charge >= 0.3 is 6.18 Å². The Morgan fingerprint density at radius 3 is 2.70 bits per heavy atom. The summed E-state index contributed by atoms with van der Waals surface area (Å²) in [7, 11) is 0. The molecule has 0 amide bonds. The molecule has 0 aliphatic heterocycles. The summed E-state index contributed by atoms with van der Waals surface area (Å²) in [5, 5.41) is 12.2. The van der Waals surface area contributed by atoms with Crippen molar-refractivity contribution >= 4 is 15.9 Å². The molecule has 112 valence electrons. The van der Waals surface area contributed by atoms with Gasteiger partial charge in [0.1, 0.15) is 12.4 Å². The van der Waals surface area contributed by atoms with Crippen LogP contribution >= 0.6 is 15.9 Å². The summed E-state index contributed by atoms with van der Waals surface area (Å²) in [6.07, 6.45) is -4.92. The Morgan fingerprint density at radius 2 is 2.10 bits per heavy atom. The minimum absolute atomic E-state index is 0.337. The van der Waals surface area contributed by atoms with Crippen LogP contribution < -0.4 is 10.1 Å². The first-order valence-electron chi connectivity index (χ1n) is 6.26. The molecule has 2 N–H and O–H groups in total. The van der Waals surface area contributed by atoms with Crippen molar-refractivity contribution in [1.29, 1.82) is 0 Å². The molecular weight excluding hydrogens is 339 g/mol. The minimum Gasteiger partial charge on any atom is -0.489 e. The van der Waals surface area contributed by atoms with E-state index >= 15 is 0 Å². The van der Waals surface area contributed by atoms with Gasteiger partial charge in [0, 0.05) is 18.2 Å². The van der Waals surface area contributed by atoms with Gasteiger partial charge in [0.2, 0.25) is 0 Å². The largest absolute Gasteiger partial charge is 0.489 e. The number of para-hydroxylation sites is 1. The van der Waals surface area contributed by atoms with Gasteiger partial charge in [0.15, 0.2) is 6.10 Å². The van der Waals surface area contributed by atoms with E-state index in [1.54, 1.807) is 18.2 Å². The van der Waals surface area contributed by atoms with E-state index in [9.17, 15) is 13.2 Å². The number of ether oxygens (including phenoxy) is 1. The van der Waals surface area contributed by atoms with Gasteiger partial charge < -0.3 is 15.2 Å². The highest BCUT2D eigenvalue weighted by Crippen LogP contribution is 2.31. The molecule has 0 saturated heterocycles. The zero-order valence-electron chi connectivity index (χ0n) is 10.6. The highest BCUT2D eigenvalue weighted by molar-refractivity contribution is 9.10. The van der Waals surface area contributed by atoms with Crippen molar-refractivity contribution < 1.29 is 23.0 Å². The average Bonchev–Trinajstić information content (AvgIpc) is 3.17. The van der Waals surface area contributed by atoms with Crippen molar-refractivity contribution in [3.05, 3.63) is 28.2 Å². The number of hydrogen-bond acceptors (Lipinski definition) is 3. The Balaban J connectivity index is 2.01. The van der Waals surface area contributed by atoms with E-state index in [1.807, 2.05) is 0 Å². The van der Waals surface area contributed by atoms with E-state index in [0.717, 1.165) is 18.4 Å². The molecule has 1 saturated carbocycles. The predicted octanol–water partition coefficient (Wildman–Crippen LogP) is 3.00. The second-order valence-electron chi connectivity index (χ2n) is 4.75. The molecule has 1 atom stereocenters. The van der Waals surface area contributed by atoms with Crippen LogP contribution in [0.1, 0.15) is 18.4 Å². The second-order valence-corrected chi connectivity index (χ2v) is 5.61. The van der Waals surface area contributed by atoms with Gasteiger partial charge in [0.05, 0.1) is 4.47 Å². The Morgan fingerprint density at radius 1 is 1.40 bits per heavy atom. The molecule has 0 aromatic heterocycles. The molecule has 3 nitrogen and oxygen atoms in total. The first-order valence-corrected chi connectivity index (χ1v) is 7.05. The predicted molar refractivity (Wildman–Crippen MR) is 71.6 cm³/mol. The van der Waals surface area contributed by atoms with Crippen LogP contribution in [0.15, 0.2) is 22.7 Å². The lowest BCUT2D eigenvalue weighted by Crippen LogP contribution is -2.34. The number of benzene rings is 1. The molecule has 7 heteroatoms. The van der Waals surface area contributed by atoms with Crippen LogP contribution in [0.25, 0.3) is 0 Å². The van der Waals surface area contributed by atoms with E-state index in [2.05, 4.69) is 21.2 Å². The lowest BCUT2D eigenvalue weighted by Gasteiger charge is -2.18. The first kappa shape index (κ1) is 15.6. The molecule has 1 aromatic rings. The van der Waals surface area contributed by atoms with Gasteiger partial charge in [-0.1, -0.05) is 12.1 Å². The van der Waals surface area contributed by atoms with E-state index < -0.39 is 18.9 Å². The summed E-state index contributed by atoms with van der Waals surface area (Å²) in [6, 6.07) is 5.76. The maximum Gasteiger partial charge on any atom is 0.417 e. The van der Waals surface area contributed by atoms with Crippen LogP contribution in [0.4, 0.5) is 13.2 Å². The lowest BCUT2D eigenvalue weighted by atomic mass is 10.2. The van der Waals surface area contributed by atoms with Crippen molar-refractivity contribution in [1.82, 2.24) is 5.32 Å². The van der Waals surface area contributed by atoms with Crippen molar-refractivity contribution in [3.8, 4) is 5.75 Å². The van der Waals surface area contributed by atoms with Crippen molar-refractivity contribution in [2.24, 2.45) is 0 Å². The van der Waals surface area contributed by atoms with E-state index in [-0.39, 0.29) is 0 Å². The number of nitrogens with one attached hydrogen (secondary N) is 1. The standard InChI is InChI=1S/C13H15BrF3NO2/c14-10-3-1-2-8(6-18-9-4-5-9)12(10)20-7-11(19)13(15,16)17/h1-3,9,11,18-19H,4-7H2. The third kappa shape index (κ3) is 4.36. The SMILES string of the molecule is OC(COc1c(Br)cccc1CNC1CC1)C(F)(F)F. The normalized spacial score (nSPS) is 17.1. The van der Waals surface area contributed by atoms with Gasteiger partial charge in [-0.3, -0.25) is 0 Å². The van der Waals surface area contributed by atoms with Crippen LogP contribution in [-0.2, 0) is 6.54 Å². The van der Waals surface area contributed by atoms with Gasteiger partial charge in [0.25, 0.3) is 0 Å². The highest BCUT2D eigenvalue weighted by Gasteiger charge is 2.39. The van der Waals surface area contributed by atoms with Gasteiger partial charge in [-0.2, -0.15) is 13.2 Å². The average molecular weight is 354 g/mol. The fraction of sp³-hybridized carbons (Fsp3) is 0.538. The van der Waals surface area contributed by atoms with Crippen LogP contribution in [-0.4, -0.2) is 30.0 Å². The molecule has 1 unspecified atom stereocenters. The van der Waals surface area contributed by atoms with E-state index in [1.165, 1.54) is 0 Å². The van der Waals surface area contributed by atoms with Crippen molar-refractivity contribution in [2.45, 2.75) is 37.7 Å². The fourth-order valence-electron chi connectivity index (χ4n) is 1.65. The van der Waals surface area contributed by atoms with Crippen LogP contribution in [0.5, 0.6) is 5.75 Å². The Kier molecular flexibility index (Phi) is 4.93. The molecule has 0 heterocycles. The molecular formula is C13H15BrF3NO2. The Hall–Kier alpha value is -0.790. The minimum atomic E-state index is -4.67. The Labute approximate surface area is 123 Å². The monoisotopic (exact) mass is 353 g/mol. The molecule has 0 bridgehead atoms. The van der Waals surface area contributed by atoms with Crippen molar-refractivity contribution in [2.75, 3.05) is 6.61 Å². The van der Waals surface area contributed by atoms with Gasteiger partial charge in [-0.15, -0.1) is 0 Å². The number of aliphatic hydroxyl groups is 1. The number of alkyl halides is 3. The molecule has 1 aliphatic rings. The second kappa shape index (κ2) is 6.32. The van der Waals surface area contributed by atoms with Crippen LogP contribution in [0.2, 0.25) is 0 Å². The molecule has 20 heavy (non-hydrogen) atoms. The molecule has 1 aromatic carbocycles. The summed E-state index contributed by atoms with van der Waals surface area (Å²) >= 11 is 3.25. The maximum atomic E-state index is 12.3. The molecule has 2 rings (SSSR count). The number of halogens is 4. The quantitative estimate of drug-likeness (QED) is 0.825. The summed E-state index contributed by atoms with van der Waals surface area (Å²) < 4.78 is 42.5. The third-order valence-electron chi connectivity index (χ3n) is 2.97. The maximum absolute atomic E-state index is 12.3.